The van der Waals surface area contributed by atoms with E-state index in [0.29, 0.717) is 36.4 Å². The lowest BCUT2D eigenvalue weighted by Crippen LogP contribution is -2.39. The second kappa shape index (κ2) is 11.3. The number of oxazole rings is 1. The third-order valence-electron chi connectivity index (χ3n) is 6.46. The molecule has 0 atom stereocenters. The number of nitrogens with one attached hydrogen (secondary N) is 2. The summed E-state index contributed by atoms with van der Waals surface area (Å²) >= 11 is 0. The second-order valence-corrected chi connectivity index (χ2v) is 8.93. The molecule has 1 aliphatic carbocycles. The van der Waals surface area contributed by atoms with Crippen molar-refractivity contribution in [2.75, 3.05) is 18.5 Å². The van der Waals surface area contributed by atoms with Crippen molar-refractivity contribution in [3.63, 3.8) is 0 Å². The molecule has 2 amide bonds. The van der Waals surface area contributed by atoms with Crippen LogP contribution in [0.5, 0.6) is 6.01 Å². The molecule has 5 rings (SSSR count). The number of hydrogen-bond donors (Lipinski definition) is 2. The minimum absolute atomic E-state index is 0.0359. The number of ether oxygens (including phenoxy) is 2. The fraction of sp³-hybridized carbons (Fsp3) is 0.440. The summed E-state index contributed by atoms with van der Waals surface area (Å²) in [6.45, 7) is 1.23. The minimum atomic E-state index is -0.449. The summed E-state index contributed by atoms with van der Waals surface area (Å²) in [5.41, 5.74) is 0.820. The van der Waals surface area contributed by atoms with Crippen molar-refractivity contribution in [1.82, 2.24) is 25.3 Å². The molecule has 3 aromatic rings. The smallest absolute Gasteiger partial charge is 0.316 e. The number of anilines is 1. The number of pyridine rings is 1. The van der Waals surface area contributed by atoms with Crippen molar-refractivity contribution < 1.29 is 23.5 Å². The van der Waals surface area contributed by atoms with Gasteiger partial charge in [-0.3, -0.25) is 14.6 Å². The number of amides is 2. The van der Waals surface area contributed by atoms with E-state index in [-0.39, 0.29) is 29.7 Å². The monoisotopic (exact) mass is 492 g/mol. The summed E-state index contributed by atoms with van der Waals surface area (Å²) < 4.78 is 16.8. The largest absolute Gasteiger partial charge is 0.460 e. The summed E-state index contributed by atoms with van der Waals surface area (Å²) in [6.07, 6.45) is 12.4. The first-order valence-corrected chi connectivity index (χ1v) is 12.2. The number of hydrogen-bond acceptors (Lipinski definition) is 9. The predicted octanol–water partition coefficient (Wildman–Crippen LogP) is 3.13. The SMILES string of the molecule is O=C(Nc1ccncc1C(=O)NC1CCOCC1)c1coc(C2CCC(Oc3ncccn3)CC2)n1. The highest BCUT2D eigenvalue weighted by Crippen LogP contribution is 2.33. The molecule has 188 valence electrons. The maximum absolute atomic E-state index is 12.9. The zero-order valence-electron chi connectivity index (χ0n) is 19.8. The summed E-state index contributed by atoms with van der Waals surface area (Å²) in [6, 6.07) is 3.76. The Hall–Kier alpha value is -3.86. The third kappa shape index (κ3) is 5.85. The molecule has 2 aliphatic rings. The Labute approximate surface area is 208 Å². The highest BCUT2D eigenvalue weighted by Gasteiger charge is 2.28. The highest BCUT2D eigenvalue weighted by atomic mass is 16.5. The van der Waals surface area contributed by atoms with E-state index in [1.165, 1.54) is 18.7 Å². The molecule has 11 nitrogen and oxygen atoms in total. The van der Waals surface area contributed by atoms with Crippen LogP contribution in [0.15, 0.2) is 47.6 Å². The van der Waals surface area contributed by atoms with Gasteiger partial charge in [0.05, 0.1) is 11.3 Å². The summed E-state index contributed by atoms with van der Waals surface area (Å²) in [5.74, 6) is -0.104. The maximum Gasteiger partial charge on any atom is 0.316 e. The second-order valence-electron chi connectivity index (χ2n) is 8.93. The van der Waals surface area contributed by atoms with Gasteiger partial charge in [0.15, 0.2) is 11.6 Å². The van der Waals surface area contributed by atoms with E-state index in [1.54, 1.807) is 24.5 Å². The van der Waals surface area contributed by atoms with Gasteiger partial charge in [-0.15, -0.1) is 0 Å². The van der Waals surface area contributed by atoms with Gasteiger partial charge in [-0.05, 0) is 50.7 Å². The van der Waals surface area contributed by atoms with E-state index >= 15 is 0 Å². The first-order valence-electron chi connectivity index (χ1n) is 12.2. The predicted molar refractivity (Wildman–Crippen MR) is 128 cm³/mol. The van der Waals surface area contributed by atoms with Crippen LogP contribution in [0.25, 0.3) is 0 Å². The number of nitrogens with zero attached hydrogens (tertiary/aromatic N) is 4. The molecule has 3 aromatic heterocycles. The van der Waals surface area contributed by atoms with Gasteiger partial charge in [-0.1, -0.05) is 0 Å². The molecule has 0 bridgehead atoms. The molecule has 4 heterocycles. The van der Waals surface area contributed by atoms with Crippen molar-refractivity contribution in [3.05, 3.63) is 60.3 Å². The van der Waals surface area contributed by atoms with Gasteiger partial charge in [-0.25, -0.2) is 15.0 Å². The lowest BCUT2D eigenvalue weighted by atomic mass is 9.87. The Morgan fingerprint density at radius 1 is 0.972 bits per heavy atom. The van der Waals surface area contributed by atoms with Crippen LogP contribution in [0.3, 0.4) is 0 Å². The molecule has 1 aliphatic heterocycles. The molecule has 0 radical (unpaired) electrons. The van der Waals surface area contributed by atoms with Crippen LogP contribution >= 0.6 is 0 Å². The molecular weight excluding hydrogens is 464 g/mol. The zero-order valence-corrected chi connectivity index (χ0v) is 19.8. The average molecular weight is 493 g/mol. The number of aromatic nitrogens is 4. The van der Waals surface area contributed by atoms with Gasteiger partial charge >= 0.3 is 6.01 Å². The molecule has 2 N–H and O–H groups in total. The molecule has 0 spiro atoms. The van der Waals surface area contributed by atoms with Gasteiger partial charge in [0, 0.05) is 50.0 Å². The normalized spacial score (nSPS) is 20.4. The van der Waals surface area contributed by atoms with E-state index in [4.69, 9.17) is 13.9 Å². The minimum Gasteiger partial charge on any atom is -0.460 e. The fourth-order valence-corrected chi connectivity index (χ4v) is 4.48. The van der Waals surface area contributed by atoms with Crippen LogP contribution in [0, 0.1) is 0 Å². The van der Waals surface area contributed by atoms with Gasteiger partial charge < -0.3 is 24.5 Å². The van der Waals surface area contributed by atoms with Gasteiger partial charge in [0.25, 0.3) is 11.8 Å². The number of rotatable bonds is 7. The molecule has 2 fully saturated rings. The van der Waals surface area contributed by atoms with E-state index in [2.05, 4.69) is 30.6 Å². The summed E-state index contributed by atoms with van der Waals surface area (Å²) in [7, 11) is 0. The number of carbonyl (C=O) groups is 2. The van der Waals surface area contributed by atoms with E-state index < -0.39 is 5.91 Å². The molecule has 0 unspecified atom stereocenters. The molecule has 11 heteroatoms. The van der Waals surface area contributed by atoms with Gasteiger partial charge in [0.1, 0.15) is 12.4 Å². The van der Waals surface area contributed by atoms with Crippen LogP contribution < -0.4 is 15.4 Å². The Kier molecular flexibility index (Phi) is 7.46. The lowest BCUT2D eigenvalue weighted by Gasteiger charge is -2.26. The molecule has 36 heavy (non-hydrogen) atoms. The molecule has 1 saturated carbocycles. The molecule has 0 aromatic carbocycles. The van der Waals surface area contributed by atoms with Crippen molar-refractivity contribution in [3.8, 4) is 6.01 Å². The van der Waals surface area contributed by atoms with Gasteiger partial charge in [0.2, 0.25) is 0 Å². The molecular formula is C25H28N6O5. The lowest BCUT2D eigenvalue weighted by molar-refractivity contribution is 0.0696. The van der Waals surface area contributed by atoms with Crippen LogP contribution in [0.2, 0.25) is 0 Å². The van der Waals surface area contributed by atoms with Crippen LogP contribution in [-0.4, -0.2) is 57.1 Å². The Balaban J connectivity index is 1.17. The van der Waals surface area contributed by atoms with Crippen LogP contribution in [0.1, 0.15) is 71.2 Å². The quantitative estimate of drug-likeness (QED) is 0.509. The van der Waals surface area contributed by atoms with E-state index in [0.717, 1.165) is 38.5 Å². The fourth-order valence-electron chi connectivity index (χ4n) is 4.48. The molecule has 1 saturated heterocycles. The summed E-state index contributed by atoms with van der Waals surface area (Å²) in [5, 5.41) is 5.77. The van der Waals surface area contributed by atoms with Crippen molar-refractivity contribution in [2.24, 2.45) is 0 Å². The van der Waals surface area contributed by atoms with E-state index in [9.17, 15) is 9.59 Å². The van der Waals surface area contributed by atoms with Crippen molar-refractivity contribution in [2.45, 2.75) is 56.6 Å². The Bertz CT molecular complexity index is 1170. The standard InChI is InChI=1S/C25H28N6O5/c32-22(29-17-7-12-34-13-8-17)19-14-26-11-6-20(19)30-23(33)21-15-35-24(31-21)16-2-4-18(5-3-16)36-25-27-9-1-10-28-25/h1,6,9-11,14-18H,2-5,7-8,12-13H2,(H,29,32)(H,26,30,33). The van der Waals surface area contributed by atoms with Crippen molar-refractivity contribution >= 4 is 17.5 Å². The Morgan fingerprint density at radius 3 is 2.53 bits per heavy atom. The first kappa shape index (κ1) is 23.9. The van der Waals surface area contributed by atoms with Crippen LogP contribution in [-0.2, 0) is 4.74 Å². The zero-order chi connectivity index (χ0) is 24.7. The van der Waals surface area contributed by atoms with Crippen LogP contribution in [0.4, 0.5) is 5.69 Å². The van der Waals surface area contributed by atoms with Gasteiger partial charge in [-0.2, -0.15) is 0 Å². The summed E-state index contributed by atoms with van der Waals surface area (Å²) in [4.78, 5) is 42.4. The third-order valence-corrected chi connectivity index (χ3v) is 6.46. The average Bonchev–Trinajstić information content (AvgIpc) is 3.41. The maximum atomic E-state index is 12.9. The van der Waals surface area contributed by atoms with E-state index in [1.807, 2.05) is 0 Å². The first-order chi connectivity index (χ1) is 17.7. The highest BCUT2D eigenvalue weighted by molar-refractivity contribution is 6.08. The Morgan fingerprint density at radius 2 is 1.75 bits per heavy atom. The number of carbonyl (C=O) groups excluding carboxylic acids is 2. The topological polar surface area (TPSA) is 141 Å². The van der Waals surface area contributed by atoms with Crippen molar-refractivity contribution in [1.29, 1.82) is 0 Å².